The van der Waals surface area contributed by atoms with Gasteiger partial charge in [0.05, 0.1) is 21.9 Å². The number of carbonyl (C=O) groups excluding carboxylic acids is 2. The van der Waals surface area contributed by atoms with Crippen molar-refractivity contribution in [2.45, 2.75) is 30.9 Å². The van der Waals surface area contributed by atoms with Crippen molar-refractivity contribution in [1.82, 2.24) is 4.31 Å². The predicted octanol–water partition coefficient (Wildman–Crippen LogP) is 3.99. The smallest absolute Gasteiger partial charge is 0.348 e. The Balaban J connectivity index is 1.69. The van der Waals surface area contributed by atoms with Crippen molar-refractivity contribution in [2.75, 3.05) is 25.0 Å². The van der Waals surface area contributed by atoms with Crippen molar-refractivity contribution in [3.8, 4) is 0 Å². The number of carbonyl (C=O) groups is 2. The molecule has 3 rings (SSSR count). The Kier molecular flexibility index (Phi) is 7.00. The maximum Gasteiger partial charge on any atom is 0.348 e. The summed E-state index contributed by atoms with van der Waals surface area (Å²) in [6.45, 7) is 4.27. The van der Waals surface area contributed by atoms with Crippen molar-refractivity contribution in [2.24, 2.45) is 5.92 Å². The first-order chi connectivity index (χ1) is 13.7. The lowest BCUT2D eigenvalue weighted by Crippen LogP contribution is -2.43. The first kappa shape index (κ1) is 22.2. The summed E-state index contributed by atoms with van der Waals surface area (Å²) in [5.41, 5.74) is 0.728. The zero-order valence-electron chi connectivity index (χ0n) is 15.9. The standard InChI is InChI=1S/C18H21ClN2O5S3/c1-3-26-18(23)16-11(2)9-14(28-16)20-17(22)12-5-4-8-21(10-12)29(24,25)15-7-6-13(19)27-15/h6-7,9,12H,3-5,8,10H2,1-2H3,(H,20,22). The number of amides is 1. The highest BCUT2D eigenvalue weighted by Crippen LogP contribution is 2.32. The number of aryl methyl sites for hydroxylation is 1. The minimum absolute atomic E-state index is 0.110. The Morgan fingerprint density at radius 3 is 2.76 bits per heavy atom. The van der Waals surface area contributed by atoms with Gasteiger partial charge in [-0.3, -0.25) is 4.79 Å². The van der Waals surface area contributed by atoms with E-state index in [4.69, 9.17) is 16.3 Å². The normalized spacial score (nSPS) is 17.8. The first-order valence-corrected chi connectivity index (χ1v) is 12.5. The second-order valence-corrected chi connectivity index (χ2v) is 11.5. The zero-order valence-corrected chi connectivity index (χ0v) is 19.1. The number of sulfonamides is 1. The van der Waals surface area contributed by atoms with E-state index in [1.54, 1.807) is 26.0 Å². The molecule has 1 amide bonds. The number of esters is 1. The van der Waals surface area contributed by atoms with Crippen LogP contribution in [0.25, 0.3) is 0 Å². The average Bonchev–Trinajstić information content (AvgIpc) is 3.28. The maximum absolute atomic E-state index is 12.8. The van der Waals surface area contributed by atoms with E-state index in [-0.39, 0.29) is 23.3 Å². The fourth-order valence-electron chi connectivity index (χ4n) is 3.10. The molecule has 29 heavy (non-hydrogen) atoms. The van der Waals surface area contributed by atoms with Crippen LogP contribution < -0.4 is 5.32 Å². The summed E-state index contributed by atoms with van der Waals surface area (Å²) >= 11 is 8.03. The van der Waals surface area contributed by atoms with Gasteiger partial charge in [-0.15, -0.1) is 22.7 Å². The molecule has 3 heterocycles. The summed E-state index contributed by atoms with van der Waals surface area (Å²) in [4.78, 5) is 25.1. The lowest BCUT2D eigenvalue weighted by molar-refractivity contribution is -0.120. The first-order valence-electron chi connectivity index (χ1n) is 9.06. The van der Waals surface area contributed by atoms with Gasteiger partial charge in [0, 0.05) is 13.1 Å². The largest absolute Gasteiger partial charge is 0.462 e. The number of rotatable bonds is 6. The molecule has 1 atom stereocenters. The molecule has 0 radical (unpaired) electrons. The highest BCUT2D eigenvalue weighted by atomic mass is 35.5. The van der Waals surface area contributed by atoms with Crippen LogP contribution in [0.15, 0.2) is 22.4 Å². The van der Waals surface area contributed by atoms with Crippen LogP contribution in [0.2, 0.25) is 4.34 Å². The average molecular weight is 477 g/mol. The molecule has 0 spiro atoms. The summed E-state index contributed by atoms with van der Waals surface area (Å²) < 4.78 is 32.6. The lowest BCUT2D eigenvalue weighted by Gasteiger charge is -2.30. The molecule has 0 bridgehead atoms. The molecule has 1 aliphatic heterocycles. The Hall–Kier alpha value is -1.46. The number of hydrogen-bond donors (Lipinski definition) is 1. The van der Waals surface area contributed by atoms with Crippen LogP contribution in [0.5, 0.6) is 0 Å². The van der Waals surface area contributed by atoms with E-state index in [0.29, 0.717) is 33.6 Å². The quantitative estimate of drug-likeness (QED) is 0.636. The molecule has 158 valence electrons. The van der Waals surface area contributed by atoms with Crippen LogP contribution in [0.1, 0.15) is 35.0 Å². The third kappa shape index (κ3) is 5.00. The number of anilines is 1. The topological polar surface area (TPSA) is 92.8 Å². The van der Waals surface area contributed by atoms with E-state index < -0.39 is 21.9 Å². The number of hydrogen-bond acceptors (Lipinski definition) is 7. The van der Waals surface area contributed by atoms with Gasteiger partial charge in [0.1, 0.15) is 9.09 Å². The summed E-state index contributed by atoms with van der Waals surface area (Å²) in [7, 11) is -3.67. The molecule has 7 nitrogen and oxygen atoms in total. The molecular weight excluding hydrogens is 456 g/mol. The van der Waals surface area contributed by atoms with Crippen molar-refractivity contribution in [1.29, 1.82) is 0 Å². The van der Waals surface area contributed by atoms with Crippen molar-refractivity contribution in [3.63, 3.8) is 0 Å². The van der Waals surface area contributed by atoms with Crippen LogP contribution >= 0.6 is 34.3 Å². The Labute approximate surface area is 182 Å². The zero-order chi connectivity index (χ0) is 21.2. The van der Waals surface area contributed by atoms with Gasteiger partial charge >= 0.3 is 5.97 Å². The fourth-order valence-corrected chi connectivity index (χ4v) is 7.24. The van der Waals surface area contributed by atoms with E-state index in [2.05, 4.69) is 5.32 Å². The van der Waals surface area contributed by atoms with Gasteiger partial charge in [-0.05, 0) is 50.5 Å². The van der Waals surface area contributed by atoms with Gasteiger partial charge in [0.2, 0.25) is 5.91 Å². The van der Waals surface area contributed by atoms with Gasteiger partial charge in [0.15, 0.2) is 0 Å². The van der Waals surface area contributed by atoms with E-state index in [0.717, 1.165) is 28.2 Å². The molecule has 2 aromatic heterocycles. The molecule has 0 saturated carbocycles. The summed E-state index contributed by atoms with van der Waals surface area (Å²) in [6, 6.07) is 4.75. The van der Waals surface area contributed by atoms with Crippen LogP contribution in [0, 0.1) is 12.8 Å². The molecule has 0 aromatic carbocycles. The van der Waals surface area contributed by atoms with Crippen molar-refractivity contribution < 1.29 is 22.7 Å². The maximum atomic E-state index is 12.8. The summed E-state index contributed by atoms with van der Waals surface area (Å²) in [5.74, 6) is -1.15. The number of nitrogens with zero attached hydrogens (tertiary/aromatic N) is 1. The third-order valence-corrected chi connectivity index (χ3v) is 9.22. The van der Waals surface area contributed by atoms with Gasteiger partial charge in [-0.1, -0.05) is 11.6 Å². The molecule has 1 fully saturated rings. The number of ether oxygens (including phenoxy) is 1. The molecule has 1 unspecified atom stereocenters. The van der Waals surface area contributed by atoms with E-state index in [1.165, 1.54) is 10.4 Å². The second-order valence-electron chi connectivity index (χ2n) is 6.59. The highest BCUT2D eigenvalue weighted by molar-refractivity contribution is 7.91. The number of thiophene rings is 2. The van der Waals surface area contributed by atoms with Crippen LogP contribution in [0.4, 0.5) is 5.00 Å². The lowest BCUT2D eigenvalue weighted by atomic mass is 9.99. The molecule has 2 aromatic rings. The van der Waals surface area contributed by atoms with Crippen molar-refractivity contribution in [3.05, 3.63) is 33.0 Å². The molecule has 1 saturated heterocycles. The number of nitrogens with one attached hydrogen (secondary N) is 1. The third-order valence-electron chi connectivity index (χ3n) is 4.52. The summed E-state index contributed by atoms with van der Waals surface area (Å²) in [6.07, 6.45) is 1.19. The van der Waals surface area contributed by atoms with Crippen LogP contribution in [-0.4, -0.2) is 44.3 Å². The molecule has 0 aliphatic carbocycles. The van der Waals surface area contributed by atoms with Gasteiger partial charge in [0.25, 0.3) is 10.0 Å². The Morgan fingerprint density at radius 1 is 1.34 bits per heavy atom. The molecule has 11 heteroatoms. The summed E-state index contributed by atoms with van der Waals surface area (Å²) in [5, 5.41) is 3.36. The predicted molar refractivity (Wildman–Crippen MR) is 114 cm³/mol. The van der Waals surface area contributed by atoms with E-state index in [1.807, 2.05) is 0 Å². The Bertz CT molecular complexity index is 1010. The fraction of sp³-hybridized carbons (Fsp3) is 0.444. The van der Waals surface area contributed by atoms with E-state index >= 15 is 0 Å². The second kappa shape index (κ2) is 9.13. The minimum Gasteiger partial charge on any atom is -0.462 e. The highest BCUT2D eigenvalue weighted by Gasteiger charge is 2.34. The number of piperidine rings is 1. The number of halogens is 1. The molecule has 1 N–H and O–H groups in total. The SMILES string of the molecule is CCOC(=O)c1sc(NC(=O)C2CCCN(S(=O)(=O)c3ccc(Cl)s3)C2)cc1C. The van der Waals surface area contributed by atoms with E-state index in [9.17, 15) is 18.0 Å². The minimum atomic E-state index is -3.67. The molecule has 1 aliphatic rings. The van der Waals surface area contributed by atoms with Gasteiger partial charge < -0.3 is 10.1 Å². The Morgan fingerprint density at radius 2 is 2.10 bits per heavy atom. The van der Waals surface area contributed by atoms with Gasteiger partial charge in [-0.25, -0.2) is 13.2 Å². The molecular formula is C18H21ClN2O5S3. The van der Waals surface area contributed by atoms with Crippen LogP contribution in [0.3, 0.4) is 0 Å². The van der Waals surface area contributed by atoms with Crippen molar-refractivity contribution >= 4 is 61.2 Å². The van der Waals surface area contributed by atoms with Crippen LogP contribution in [-0.2, 0) is 19.6 Å². The van der Waals surface area contributed by atoms with Gasteiger partial charge in [-0.2, -0.15) is 4.31 Å². The monoisotopic (exact) mass is 476 g/mol.